The van der Waals surface area contributed by atoms with Crippen molar-refractivity contribution >= 4 is 44.2 Å². The Labute approximate surface area is 168 Å². The zero-order valence-corrected chi connectivity index (χ0v) is 16.6. The number of hydrogen-bond donors (Lipinski definition) is 3. The maximum Gasteiger partial charge on any atom is 0.323 e. The highest BCUT2D eigenvalue weighted by Crippen LogP contribution is 2.29. The molecule has 1 amide bonds. The van der Waals surface area contributed by atoms with Gasteiger partial charge in [0.2, 0.25) is 0 Å². The van der Waals surface area contributed by atoms with E-state index in [9.17, 15) is 14.4 Å². The standard InChI is InChI=1S/C20H19N5O3S/c1-10-15-18(24-14-5-3-2-4-8-25(14)19(15)27)29-16(10)17(26)21-11-6-7-12-13(9-11)23-20(28)22-12/h6-7,9H,2-5,8H2,1H3,(H,21,26)(H2,22,23,28). The van der Waals surface area contributed by atoms with Crippen molar-refractivity contribution in [1.29, 1.82) is 0 Å². The third-order valence-corrected chi connectivity index (χ3v) is 6.58. The summed E-state index contributed by atoms with van der Waals surface area (Å²) >= 11 is 1.25. The molecule has 1 aliphatic heterocycles. The number of nitrogens with one attached hydrogen (secondary N) is 3. The average molecular weight is 409 g/mol. The summed E-state index contributed by atoms with van der Waals surface area (Å²) in [6, 6.07) is 5.15. The highest BCUT2D eigenvalue weighted by Gasteiger charge is 2.22. The molecular formula is C20H19N5O3S. The third kappa shape index (κ3) is 2.98. The van der Waals surface area contributed by atoms with Crippen molar-refractivity contribution < 1.29 is 4.79 Å². The van der Waals surface area contributed by atoms with Gasteiger partial charge in [0.05, 0.1) is 21.3 Å². The van der Waals surface area contributed by atoms with Crippen LogP contribution in [-0.4, -0.2) is 25.4 Å². The van der Waals surface area contributed by atoms with E-state index < -0.39 is 0 Å². The first kappa shape index (κ1) is 17.9. The van der Waals surface area contributed by atoms with Gasteiger partial charge in [-0.25, -0.2) is 9.78 Å². The fraction of sp³-hybridized carbons (Fsp3) is 0.300. The second-order valence-electron chi connectivity index (χ2n) is 7.33. The van der Waals surface area contributed by atoms with Crippen molar-refractivity contribution in [2.24, 2.45) is 0 Å². The average Bonchev–Trinajstić information content (AvgIpc) is 3.11. The van der Waals surface area contributed by atoms with Crippen molar-refractivity contribution in [3.63, 3.8) is 0 Å². The van der Waals surface area contributed by atoms with Crippen LogP contribution in [0.25, 0.3) is 21.3 Å². The lowest BCUT2D eigenvalue weighted by Crippen LogP contribution is -2.24. The van der Waals surface area contributed by atoms with Crippen molar-refractivity contribution in [1.82, 2.24) is 19.5 Å². The monoisotopic (exact) mass is 409 g/mol. The van der Waals surface area contributed by atoms with Gasteiger partial charge in [-0.3, -0.25) is 14.2 Å². The minimum Gasteiger partial charge on any atom is -0.321 e. The molecule has 29 heavy (non-hydrogen) atoms. The molecule has 148 valence electrons. The number of aromatic nitrogens is 4. The smallest absolute Gasteiger partial charge is 0.321 e. The van der Waals surface area contributed by atoms with Gasteiger partial charge < -0.3 is 15.3 Å². The molecule has 4 aromatic rings. The Morgan fingerprint density at radius 2 is 2.00 bits per heavy atom. The molecule has 1 aliphatic rings. The Balaban J connectivity index is 1.54. The zero-order valence-electron chi connectivity index (χ0n) is 15.8. The number of aromatic amines is 2. The first-order valence-corrected chi connectivity index (χ1v) is 10.4. The molecule has 8 nitrogen and oxygen atoms in total. The topological polar surface area (TPSA) is 113 Å². The molecule has 0 atom stereocenters. The van der Waals surface area contributed by atoms with E-state index >= 15 is 0 Å². The van der Waals surface area contributed by atoms with Crippen LogP contribution in [0, 0.1) is 6.92 Å². The maximum absolute atomic E-state index is 13.1. The van der Waals surface area contributed by atoms with Crippen LogP contribution in [-0.2, 0) is 13.0 Å². The highest BCUT2D eigenvalue weighted by atomic mass is 32.1. The van der Waals surface area contributed by atoms with Crippen LogP contribution in [0.15, 0.2) is 27.8 Å². The van der Waals surface area contributed by atoms with Crippen LogP contribution in [0.2, 0.25) is 0 Å². The maximum atomic E-state index is 13.1. The Morgan fingerprint density at radius 1 is 1.17 bits per heavy atom. The molecule has 0 saturated carbocycles. The van der Waals surface area contributed by atoms with Crippen LogP contribution < -0.4 is 16.6 Å². The minimum atomic E-state index is -0.296. The van der Waals surface area contributed by atoms with E-state index in [0.29, 0.717) is 43.9 Å². The number of carbonyl (C=O) groups excluding carboxylic acids is 1. The molecule has 5 rings (SSSR count). The van der Waals surface area contributed by atoms with Gasteiger partial charge in [0.1, 0.15) is 10.7 Å². The number of benzene rings is 1. The number of nitrogens with zero attached hydrogens (tertiary/aromatic N) is 2. The summed E-state index contributed by atoms with van der Waals surface area (Å²) in [5.74, 6) is 0.525. The Kier molecular flexibility index (Phi) is 4.13. The van der Waals surface area contributed by atoms with Crippen molar-refractivity contribution in [2.45, 2.75) is 39.2 Å². The Morgan fingerprint density at radius 3 is 2.86 bits per heavy atom. The lowest BCUT2D eigenvalue weighted by molar-refractivity contribution is 0.103. The van der Waals surface area contributed by atoms with Crippen molar-refractivity contribution in [2.75, 3.05) is 5.32 Å². The summed E-state index contributed by atoms with van der Waals surface area (Å²) in [4.78, 5) is 48.5. The molecular weight excluding hydrogens is 390 g/mol. The van der Waals surface area contributed by atoms with Gasteiger partial charge in [0.25, 0.3) is 11.5 Å². The van der Waals surface area contributed by atoms with Gasteiger partial charge in [0, 0.05) is 18.7 Å². The second-order valence-corrected chi connectivity index (χ2v) is 8.32. The largest absolute Gasteiger partial charge is 0.323 e. The molecule has 4 heterocycles. The molecule has 0 spiro atoms. The Bertz CT molecular complexity index is 1390. The predicted molar refractivity (Wildman–Crippen MR) is 113 cm³/mol. The second kappa shape index (κ2) is 6.70. The van der Waals surface area contributed by atoms with Crippen LogP contribution in [0.5, 0.6) is 0 Å². The number of carbonyl (C=O) groups is 1. The summed E-state index contributed by atoms with van der Waals surface area (Å²) in [6.07, 6.45) is 3.89. The first-order chi connectivity index (χ1) is 14.0. The van der Waals surface area contributed by atoms with E-state index in [0.717, 1.165) is 31.5 Å². The minimum absolute atomic E-state index is 0.0500. The zero-order chi connectivity index (χ0) is 20.1. The number of thiophene rings is 1. The summed E-state index contributed by atoms with van der Waals surface area (Å²) in [5.41, 5.74) is 2.17. The van der Waals surface area contributed by atoms with E-state index in [2.05, 4.69) is 15.3 Å². The number of fused-ring (bicyclic) bond motifs is 3. The van der Waals surface area contributed by atoms with Gasteiger partial charge >= 0.3 is 5.69 Å². The summed E-state index contributed by atoms with van der Waals surface area (Å²) in [5, 5.41) is 3.40. The number of amides is 1. The predicted octanol–water partition coefficient (Wildman–Crippen LogP) is 2.91. The van der Waals surface area contributed by atoms with Gasteiger partial charge in [0.15, 0.2) is 0 Å². The highest BCUT2D eigenvalue weighted by molar-refractivity contribution is 7.20. The van der Waals surface area contributed by atoms with Gasteiger partial charge in [-0.05, 0) is 43.5 Å². The fourth-order valence-electron chi connectivity index (χ4n) is 3.92. The quantitative estimate of drug-likeness (QED) is 0.472. The van der Waals surface area contributed by atoms with Gasteiger partial charge in [-0.15, -0.1) is 11.3 Å². The molecule has 0 bridgehead atoms. The number of imidazole rings is 1. The molecule has 0 unspecified atom stereocenters. The number of H-pyrrole nitrogens is 2. The van der Waals surface area contributed by atoms with Gasteiger partial charge in [-0.1, -0.05) is 6.42 Å². The molecule has 0 aliphatic carbocycles. The van der Waals surface area contributed by atoms with Gasteiger partial charge in [-0.2, -0.15) is 0 Å². The van der Waals surface area contributed by atoms with E-state index in [1.807, 2.05) is 0 Å². The Hall–Kier alpha value is -3.20. The number of hydrogen-bond acceptors (Lipinski definition) is 5. The van der Waals surface area contributed by atoms with Crippen LogP contribution in [0.4, 0.5) is 5.69 Å². The van der Waals surface area contributed by atoms with Crippen LogP contribution in [0.3, 0.4) is 0 Å². The molecule has 1 aromatic carbocycles. The van der Waals surface area contributed by atoms with Crippen molar-refractivity contribution in [3.8, 4) is 0 Å². The van der Waals surface area contributed by atoms with Crippen molar-refractivity contribution in [3.05, 3.63) is 55.3 Å². The molecule has 3 N–H and O–H groups in total. The van der Waals surface area contributed by atoms with Crippen LogP contribution in [0.1, 0.15) is 40.3 Å². The lowest BCUT2D eigenvalue weighted by Gasteiger charge is -2.08. The number of anilines is 1. The summed E-state index contributed by atoms with van der Waals surface area (Å²) < 4.78 is 1.77. The SMILES string of the molecule is Cc1c(C(=O)Nc2ccc3[nH]c(=O)[nH]c3c2)sc2nc3n(c(=O)c12)CCCCC3. The lowest BCUT2D eigenvalue weighted by atomic mass is 10.2. The number of aryl methyl sites for hydroxylation is 2. The fourth-order valence-corrected chi connectivity index (χ4v) is 5.01. The van der Waals surface area contributed by atoms with E-state index in [1.165, 1.54) is 11.3 Å². The van der Waals surface area contributed by atoms with Crippen LogP contribution >= 0.6 is 11.3 Å². The first-order valence-electron chi connectivity index (χ1n) is 9.57. The summed E-state index contributed by atoms with van der Waals surface area (Å²) in [7, 11) is 0. The molecule has 0 saturated heterocycles. The molecule has 0 radical (unpaired) electrons. The molecule has 9 heteroatoms. The van der Waals surface area contributed by atoms with E-state index in [-0.39, 0.29) is 17.2 Å². The number of rotatable bonds is 2. The molecule has 0 fully saturated rings. The van der Waals surface area contributed by atoms with E-state index in [4.69, 9.17) is 4.98 Å². The summed E-state index contributed by atoms with van der Waals surface area (Å²) in [6.45, 7) is 2.48. The normalized spacial score (nSPS) is 14.1. The van der Waals surface area contributed by atoms with E-state index in [1.54, 1.807) is 29.7 Å². The third-order valence-electron chi connectivity index (χ3n) is 5.39. The molecule has 3 aromatic heterocycles.